The van der Waals surface area contributed by atoms with Gasteiger partial charge in [0.1, 0.15) is 6.04 Å². The van der Waals surface area contributed by atoms with Crippen molar-refractivity contribution >= 4 is 29.4 Å². The highest BCUT2D eigenvalue weighted by Gasteiger charge is 2.32. The van der Waals surface area contributed by atoms with Crippen LogP contribution in [0.25, 0.3) is 0 Å². The van der Waals surface area contributed by atoms with Crippen molar-refractivity contribution in [1.29, 1.82) is 0 Å². The second-order valence-electron chi connectivity index (χ2n) is 7.07. The van der Waals surface area contributed by atoms with E-state index in [0.717, 1.165) is 11.1 Å². The molecule has 2 aromatic rings. The first kappa shape index (κ1) is 21.8. The first-order valence-electron chi connectivity index (χ1n) is 9.82. The van der Waals surface area contributed by atoms with Gasteiger partial charge in [-0.3, -0.25) is 19.8 Å². The first-order valence-corrected chi connectivity index (χ1v) is 10.2. The molecule has 1 aliphatic rings. The standard InChI is InChI=1S/C22H25ClN4O3/c1-24-22(30)25-21(29)20(16-7-3-2-4-8-16)27-13-11-26(12-14-27)19(28)15-17-9-5-6-10-18(17)23/h2-10,20H,11-15H2,1H3,(H2,24,25,29,30). The molecule has 1 fully saturated rings. The maximum absolute atomic E-state index is 12.8. The zero-order chi connectivity index (χ0) is 21.5. The molecule has 8 heteroatoms. The fraction of sp³-hybridized carbons (Fsp3) is 0.318. The van der Waals surface area contributed by atoms with Crippen molar-refractivity contribution in [3.05, 3.63) is 70.7 Å². The minimum atomic E-state index is -0.607. The maximum atomic E-state index is 12.8. The zero-order valence-corrected chi connectivity index (χ0v) is 17.6. The van der Waals surface area contributed by atoms with Gasteiger partial charge in [0, 0.05) is 38.2 Å². The number of carbonyl (C=O) groups excluding carboxylic acids is 3. The largest absolute Gasteiger partial charge is 0.341 e. The molecule has 1 aliphatic heterocycles. The fourth-order valence-corrected chi connectivity index (χ4v) is 3.75. The zero-order valence-electron chi connectivity index (χ0n) is 16.8. The van der Waals surface area contributed by atoms with E-state index < -0.39 is 18.0 Å². The molecule has 7 nitrogen and oxygen atoms in total. The van der Waals surface area contributed by atoms with Crippen LogP contribution in [0.5, 0.6) is 0 Å². The minimum Gasteiger partial charge on any atom is -0.341 e. The van der Waals surface area contributed by atoms with Gasteiger partial charge >= 0.3 is 6.03 Å². The van der Waals surface area contributed by atoms with Gasteiger partial charge in [0.15, 0.2) is 0 Å². The molecule has 30 heavy (non-hydrogen) atoms. The van der Waals surface area contributed by atoms with E-state index in [9.17, 15) is 14.4 Å². The molecule has 1 unspecified atom stereocenters. The highest BCUT2D eigenvalue weighted by molar-refractivity contribution is 6.31. The Kier molecular flexibility index (Phi) is 7.43. The molecule has 3 rings (SSSR count). The van der Waals surface area contributed by atoms with Crippen LogP contribution in [-0.4, -0.2) is 60.9 Å². The Morgan fingerprint density at radius 2 is 1.60 bits per heavy atom. The van der Waals surface area contributed by atoms with E-state index in [1.54, 1.807) is 11.0 Å². The van der Waals surface area contributed by atoms with Gasteiger partial charge in [-0.05, 0) is 17.2 Å². The molecule has 0 radical (unpaired) electrons. The van der Waals surface area contributed by atoms with Crippen molar-refractivity contribution in [3.63, 3.8) is 0 Å². The van der Waals surface area contributed by atoms with Crippen molar-refractivity contribution in [2.24, 2.45) is 0 Å². The Balaban J connectivity index is 1.66. The van der Waals surface area contributed by atoms with E-state index in [-0.39, 0.29) is 12.3 Å². The summed E-state index contributed by atoms with van der Waals surface area (Å²) in [5.74, 6) is -0.384. The number of carbonyl (C=O) groups is 3. The lowest BCUT2D eigenvalue weighted by Crippen LogP contribution is -2.53. The molecule has 0 saturated carbocycles. The maximum Gasteiger partial charge on any atom is 0.321 e. The molecule has 2 aromatic carbocycles. The SMILES string of the molecule is CNC(=O)NC(=O)C(c1ccccc1)N1CCN(C(=O)Cc2ccccc2Cl)CC1. The van der Waals surface area contributed by atoms with Gasteiger partial charge in [0.05, 0.1) is 6.42 Å². The lowest BCUT2D eigenvalue weighted by molar-refractivity contribution is -0.133. The number of rotatable bonds is 5. The van der Waals surface area contributed by atoms with Gasteiger partial charge < -0.3 is 10.2 Å². The number of hydrogen-bond acceptors (Lipinski definition) is 4. The van der Waals surface area contributed by atoms with E-state index in [1.165, 1.54) is 7.05 Å². The van der Waals surface area contributed by atoms with Crippen LogP contribution in [-0.2, 0) is 16.0 Å². The van der Waals surface area contributed by atoms with Crippen LogP contribution >= 0.6 is 11.6 Å². The number of nitrogens with zero attached hydrogens (tertiary/aromatic N) is 2. The number of halogens is 1. The molecule has 1 saturated heterocycles. The summed E-state index contributed by atoms with van der Waals surface area (Å²) in [5, 5.41) is 5.36. The molecule has 0 bridgehead atoms. The Morgan fingerprint density at radius 3 is 2.23 bits per heavy atom. The van der Waals surface area contributed by atoms with Gasteiger partial charge in [-0.25, -0.2) is 4.79 Å². The Bertz CT molecular complexity index is 898. The van der Waals surface area contributed by atoms with Crippen LogP contribution in [0.4, 0.5) is 4.79 Å². The average molecular weight is 429 g/mol. The predicted octanol–water partition coefficient (Wildman–Crippen LogP) is 2.22. The summed E-state index contributed by atoms with van der Waals surface area (Å²) in [6.45, 7) is 2.05. The first-order chi connectivity index (χ1) is 14.5. The smallest absolute Gasteiger partial charge is 0.321 e. The predicted molar refractivity (Wildman–Crippen MR) is 115 cm³/mol. The van der Waals surface area contributed by atoms with Gasteiger partial charge in [0.2, 0.25) is 11.8 Å². The van der Waals surface area contributed by atoms with Crippen LogP contribution < -0.4 is 10.6 Å². The van der Waals surface area contributed by atoms with Crippen LogP contribution in [0, 0.1) is 0 Å². The van der Waals surface area contributed by atoms with Crippen LogP contribution in [0.1, 0.15) is 17.2 Å². The molecule has 1 heterocycles. The highest BCUT2D eigenvalue weighted by Crippen LogP contribution is 2.23. The topological polar surface area (TPSA) is 81.8 Å². The summed E-state index contributed by atoms with van der Waals surface area (Å²) in [6.07, 6.45) is 0.249. The third-order valence-electron chi connectivity index (χ3n) is 5.16. The Hall–Kier alpha value is -2.90. The minimum absolute atomic E-state index is 0.00817. The normalized spacial score (nSPS) is 15.3. The number of piperazine rings is 1. The third-order valence-corrected chi connectivity index (χ3v) is 5.53. The summed E-state index contributed by atoms with van der Waals surface area (Å²) >= 11 is 6.17. The van der Waals surface area contributed by atoms with Crippen LogP contribution in [0.15, 0.2) is 54.6 Å². The summed E-state index contributed by atoms with van der Waals surface area (Å²) in [6, 6.07) is 15.5. The summed E-state index contributed by atoms with van der Waals surface area (Å²) in [7, 11) is 1.46. The van der Waals surface area contributed by atoms with Crippen LogP contribution in [0.2, 0.25) is 5.02 Å². The third kappa shape index (κ3) is 5.37. The number of amides is 4. The summed E-state index contributed by atoms with van der Waals surface area (Å²) < 4.78 is 0. The van der Waals surface area contributed by atoms with E-state index in [0.29, 0.717) is 31.2 Å². The van der Waals surface area contributed by atoms with E-state index >= 15 is 0 Å². The van der Waals surface area contributed by atoms with Gasteiger partial charge in [-0.15, -0.1) is 0 Å². The van der Waals surface area contributed by atoms with Crippen molar-refractivity contribution in [3.8, 4) is 0 Å². The average Bonchev–Trinajstić information content (AvgIpc) is 2.76. The number of hydrogen-bond donors (Lipinski definition) is 2. The summed E-state index contributed by atoms with van der Waals surface area (Å²) in [5.41, 5.74) is 1.61. The Morgan fingerprint density at radius 1 is 0.967 bits per heavy atom. The van der Waals surface area contributed by atoms with E-state index in [1.807, 2.05) is 53.4 Å². The van der Waals surface area contributed by atoms with Gasteiger partial charge in [-0.2, -0.15) is 0 Å². The molecule has 0 spiro atoms. The highest BCUT2D eigenvalue weighted by atomic mass is 35.5. The fourth-order valence-electron chi connectivity index (χ4n) is 3.55. The van der Waals surface area contributed by atoms with Gasteiger partial charge in [-0.1, -0.05) is 60.1 Å². The van der Waals surface area contributed by atoms with Crippen molar-refractivity contribution in [2.45, 2.75) is 12.5 Å². The van der Waals surface area contributed by atoms with Gasteiger partial charge in [0.25, 0.3) is 0 Å². The number of nitrogens with one attached hydrogen (secondary N) is 2. The summed E-state index contributed by atoms with van der Waals surface area (Å²) in [4.78, 5) is 40.9. The molecular weight excluding hydrogens is 404 g/mol. The second kappa shape index (κ2) is 10.2. The van der Waals surface area contributed by atoms with E-state index in [2.05, 4.69) is 10.6 Å². The number of urea groups is 1. The molecular formula is C22H25ClN4O3. The molecule has 0 aliphatic carbocycles. The van der Waals surface area contributed by atoms with Crippen molar-refractivity contribution in [1.82, 2.24) is 20.4 Å². The number of imide groups is 1. The lowest BCUT2D eigenvalue weighted by atomic mass is 10.0. The van der Waals surface area contributed by atoms with E-state index in [4.69, 9.17) is 11.6 Å². The van der Waals surface area contributed by atoms with Crippen molar-refractivity contribution in [2.75, 3.05) is 33.2 Å². The van der Waals surface area contributed by atoms with Crippen LogP contribution in [0.3, 0.4) is 0 Å². The molecule has 0 aromatic heterocycles. The lowest BCUT2D eigenvalue weighted by Gasteiger charge is -2.38. The Labute approximate surface area is 181 Å². The molecule has 4 amide bonds. The quantitative estimate of drug-likeness (QED) is 0.765. The number of benzene rings is 2. The van der Waals surface area contributed by atoms with Crippen molar-refractivity contribution < 1.29 is 14.4 Å². The molecule has 1 atom stereocenters. The monoisotopic (exact) mass is 428 g/mol. The molecule has 158 valence electrons. The second-order valence-corrected chi connectivity index (χ2v) is 7.47. The molecule has 2 N–H and O–H groups in total.